The van der Waals surface area contributed by atoms with Gasteiger partial charge in [0, 0.05) is 19.1 Å². The Bertz CT molecular complexity index is 343. The van der Waals surface area contributed by atoms with Crippen molar-refractivity contribution in [1.82, 2.24) is 4.90 Å². The molecule has 0 aromatic heterocycles. The highest BCUT2D eigenvalue weighted by atomic mass is 15.2. The summed E-state index contributed by atoms with van der Waals surface area (Å²) in [6.07, 6.45) is 4.94. The lowest BCUT2D eigenvalue weighted by Crippen LogP contribution is -2.42. The zero-order valence-electron chi connectivity index (χ0n) is 10.9. The maximum atomic E-state index is 5.72. The highest BCUT2D eigenvalue weighted by Gasteiger charge is 2.22. The van der Waals surface area contributed by atoms with Gasteiger partial charge in [0.2, 0.25) is 0 Å². The van der Waals surface area contributed by atoms with Crippen LogP contribution < -0.4 is 5.73 Å². The Morgan fingerprint density at radius 2 is 2.00 bits per heavy atom. The molecule has 1 atom stereocenters. The molecule has 1 aromatic carbocycles. The molecule has 1 aliphatic rings. The summed E-state index contributed by atoms with van der Waals surface area (Å²) in [5.41, 5.74) is 8.81. The summed E-state index contributed by atoms with van der Waals surface area (Å²) in [6, 6.07) is 9.58. The van der Waals surface area contributed by atoms with Gasteiger partial charge in [-0.05, 0) is 43.4 Å². The first-order chi connectivity index (χ1) is 8.35. The Labute approximate surface area is 105 Å². The van der Waals surface area contributed by atoms with E-state index in [0.717, 1.165) is 13.1 Å². The number of hydrogen-bond acceptors (Lipinski definition) is 2. The molecule has 0 amide bonds. The van der Waals surface area contributed by atoms with Crippen LogP contribution in [0, 0.1) is 0 Å². The Hall–Kier alpha value is -0.860. The zero-order valence-corrected chi connectivity index (χ0v) is 10.9. The Balaban J connectivity index is 2.04. The summed E-state index contributed by atoms with van der Waals surface area (Å²) < 4.78 is 0. The van der Waals surface area contributed by atoms with Crippen molar-refractivity contribution in [1.29, 1.82) is 0 Å². The van der Waals surface area contributed by atoms with Gasteiger partial charge in [-0.1, -0.05) is 31.2 Å². The minimum Gasteiger partial charge on any atom is -0.329 e. The minimum atomic E-state index is 0.702. The highest BCUT2D eigenvalue weighted by molar-refractivity contribution is 5.30. The summed E-state index contributed by atoms with van der Waals surface area (Å²) in [7, 11) is 0. The Morgan fingerprint density at radius 3 is 2.71 bits per heavy atom. The van der Waals surface area contributed by atoms with Gasteiger partial charge in [0.15, 0.2) is 0 Å². The molecule has 2 heteroatoms. The molecule has 0 aliphatic heterocycles. The summed E-state index contributed by atoms with van der Waals surface area (Å²) in [5, 5.41) is 0. The third-order valence-electron chi connectivity index (χ3n) is 3.76. The lowest BCUT2D eigenvalue weighted by molar-refractivity contribution is 0.185. The van der Waals surface area contributed by atoms with Gasteiger partial charge in [0.25, 0.3) is 0 Å². The quantitative estimate of drug-likeness (QED) is 0.843. The van der Waals surface area contributed by atoms with Crippen LogP contribution in [0.5, 0.6) is 0 Å². The molecule has 0 bridgehead atoms. The summed E-state index contributed by atoms with van der Waals surface area (Å²) in [4.78, 5) is 2.58. The second kappa shape index (κ2) is 6.18. The van der Waals surface area contributed by atoms with Crippen LogP contribution in [0.3, 0.4) is 0 Å². The van der Waals surface area contributed by atoms with Crippen molar-refractivity contribution in [2.75, 3.05) is 19.6 Å². The molecule has 0 radical (unpaired) electrons. The van der Waals surface area contributed by atoms with Crippen LogP contribution in [0.15, 0.2) is 24.3 Å². The average Bonchev–Trinajstić information content (AvgIpc) is 2.38. The summed E-state index contributed by atoms with van der Waals surface area (Å²) in [5.74, 6) is 0. The lowest BCUT2D eigenvalue weighted by Gasteiger charge is -2.34. The van der Waals surface area contributed by atoms with E-state index in [1.165, 1.54) is 32.2 Å². The monoisotopic (exact) mass is 232 g/mol. The van der Waals surface area contributed by atoms with E-state index in [2.05, 4.69) is 36.1 Å². The number of benzene rings is 1. The number of rotatable bonds is 5. The predicted molar refractivity (Wildman–Crippen MR) is 73.2 cm³/mol. The summed E-state index contributed by atoms with van der Waals surface area (Å²) >= 11 is 0. The standard InChI is InChI=1S/C15H24N2/c1-2-10-17(11-9-16)15-8-7-13-5-3-4-6-14(13)12-15/h3-6,15H,2,7-12,16H2,1H3. The topological polar surface area (TPSA) is 29.3 Å². The van der Waals surface area contributed by atoms with Crippen molar-refractivity contribution in [3.05, 3.63) is 35.4 Å². The van der Waals surface area contributed by atoms with Gasteiger partial charge in [-0.15, -0.1) is 0 Å². The minimum absolute atomic E-state index is 0.702. The number of aryl methyl sites for hydroxylation is 1. The van der Waals surface area contributed by atoms with Crippen molar-refractivity contribution in [2.45, 2.75) is 38.6 Å². The molecule has 0 fully saturated rings. The van der Waals surface area contributed by atoms with E-state index in [-0.39, 0.29) is 0 Å². The van der Waals surface area contributed by atoms with Crippen LogP contribution in [-0.2, 0) is 12.8 Å². The molecular formula is C15H24N2. The fourth-order valence-corrected chi connectivity index (χ4v) is 2.92. The van der Waals surface area contributed by atoms with Crippen molar-refractivity contribution in [3.63, 3.8) is 0 Å². The molecule has 0 saturated carbocycles. The molecule has 1 unspecified atom stereocenters. The fraction of sp³-hybridized carbons (Fsp3) is 0.600. The Kier molecular flexibility index (Phi) is 4.57. The smallest absolute Gasteiger partial charge is 0.0139 e. The van der Waals surface area contributed by atoms with Crippen molar-refractivity contribution >= 4 is 0 Å². The SMILES string of the molecule is CCCN(CCN)C1CCc2ccccc2C1. The molecule has 1 aromatic rings. The van der Waals surface area contributed by atoms with Gasteiger partial charge in [-0.2, -0.15) is 0 Å². The van der Waals surface area contributed by atoms with Gasteiger partial charge < -0.3 is 5.73 Å². The maximum Gasteiger partial charge on any atom is 0.0139 e. The van der Waals surface area contributed by atoms with Gasteiger partial charge in [0.1, 0.15) is 0 Å². The van der Waals surface area contributed by atoms with Crippen molar-refractivity contribution in [3.8, 4) is 0 Å². The second-order valence-electron chi connectivity index (χ2n) is 4.99. The number of nitrogens with zero attached hydrogens (tertiary/aromatic N) is 1. The van der Waals surface area contributed by atoms with Crippen LogP contribution in [0.2, 0.25) is 0 Å². The second-order valence-corrected chi connectivity index (χ2v) is 4.99. The van der Waals surface area contributed by atoms with E-state index in [1.807, 2.05) is 0 Å². The maximum absolute atomic E-state index is 5.72. The van der Waals surface area contributed by atoms with Crippen LogP contribution in [0.25, 0.3) is 0 Å². The van der Waals surface area contributed by atoms with Crippen LogP contribution in [0.1, 0.15) is 30.9 Å². The van der Waals surface area contributed by atoms with E-state index in [1.54, 1.807) is 11.1 Å². The molecule has 0 heterocycles. The molecule has 17 heavy (non-hydrogen) atoms. The molecule has 94 valence electrons. The first-order valence-electron chi connectivity index (χ1n) is 6.86. The van der Waals surface area contributed by atoms with Crippen LogP contribution >= 0.6 is 0 Å². The Morgan fingerprint density at radius 1 is 1.24 bits per heavy atom. The van der Waals surface area contributed by atoms with Crippen molar-refractivity contribution in [2.24, 2.45) is 5.73 Å². The number of fused-ring (bicyclic) bond motifs is 1. The van der Waals surface area contributed by atoms with E-state index in [9.17, 15) is 0 Å². The molecular weight excluding hydrogens is 208 g/mol. The van der Waals surface area contributed by atoms with Gasteiger partial charge >= 0.3 is 0 Å². The van der Waals surface area contributed by atoms with Crippen LogP contribution in [-0.4, -0.2) is 30.6 Å². The average molecular weight is 232 g/mol. The largest absolute Gasteiger partial charge is 0.329 e. The van der Waals surface area contributed by atoms with E-state index < -0.39 is 0 Å². The van der Waals surface area contributed by atoms with Gasteiger partial charge in [0.05, 0.1) is 0 Å². The zero-order chi connectivity index (χ0) is 12.1. The summed E-state index contributed by atoms with van der Waals surface area (Å²) in [6.45, 7) is 5.25. The number of hydrogen-bond donors (Lipinski definition) is 1. The fourth-order valence-electron chi connectivity index (χ4n) is 2.92. The van der Waals surface area contributed by atoms with Crippen molar-refractivity contribution < 1.29 is 0 Å². The number of nitrogens with two attached hydrogens (primary N) is 1. The first-order valence-corrected chi connectivity index (χ1v) is 6.86. The molecule has 2 rings (SSSR count). The third-order valence-corrected chi connectivity index (χ3v) is 3.76. The molecule has 1 aliphatic carbocycles. The molecule has 0 spiro atoms. The van der Waals surface area contributed by atoms with E-state index >= 15 is 0 Å². The first kappa shape index (κ1) is 12.6. The van der Waals surface area contributed by atoms with Gasteiger partial charge in [-0.3, -0.25) is 4.90 Å². The lowest BCUT2D eigenvalue weighted by atomic mass is 9.87. The van der Waals surface area contributed by atoms with E-state index in [0.29, 0.717) is 6.04 Å². The van der Waals surface area contributed by atoms with Gasteiger partial charge in [-0.25, -0.2) is 0 Å². The predicted octanol–water partition coefficient (Wildman–Crippen LogP) is 2.21. The third kappa shape index (κ3) is 3.08. The molecule has 2 nitrogen and oxygen atoms in total. The molecule has 2 N–H and O–H groups in total. The molecule has 0 saturated heterocycles. The normalized spacial score (nSPS) is 19.4. The van der Waals surface area contributed by atoms with Crippen LogP contribution in [0.4, 0.5) is 0 Å². The highest BCUT2D eigenvalue weighted by Crippen LogP contribution is 2.24. The van der Waals surface area contributed by atoms with E-state index in [4.69, 9.17) is 5.73 Å².